The van der Waals surface area contributed by atoms with Gasteiger partial charge in [0.25, 0.3) is 5.89 Å². The van der Waals surface area contributed by atoms with Crippen LogP contribution in [0, 0.1) is 12.7 Å². The lowest BCUT2D eigenvalue weighted by Gasteiger charge is -2.34. The number of halogens is 1. The highest BCUT2D eigenvalue weighted by Crippen LogP contribution is 2.26. The number of hydrogen-bond donors (Lipinski definition) is 1. The van der Waals surface area contributed by atoms with E-state index in [9.17, 15) is 9.50 Å². The lowest BCUT2D eigenvalue weighted by Crippen LogP contribution is -2.48. The number of thiazole rings is 1. The number of ether oxygens (including phenoxy) is 1. The lowest BCUT2D eigenvalue weighted by atomic mass is 10.2. The molecule has 3 heterocycles. The summed E-state index contributed by atoms with van der Waals surface area (Å²) in [5.74, 6) is 1.45. The number of rotatable bonds is 8. The van der Waals surface area contributed by atoms with Crippen molar-refractivity contribution in [1.82, 2.24) is 24.9 Å². The van der Waals surface area contributed by atoms with E-state index in [4.69, 9.17) is 9.26 Å². The van der Waals surface area contributed by atoms with Gasteiger partial charge in [-0.2, -0.15) is 4.98 Å². The van der Waals surface area contributed by atoms with Crippen molar-refractivity contribution in [2.75, 3.05) is 39.3 Å². The zero-order valence-corrected chi connectivity index (χ0v) is 19.7. The monoisotopic (exact) mass is 483 g/mol. The van der Waals surface area contributed by atoms with Crippen molar-refractivity contribution in [2.45, 2.75) is 19.6 Å². The number of aromatic nitrogens is 3. The Bertz CT molecular complexity index is 1240. The lowest BCUT2D eigenvalue weighted by molar-refractivity contribution is 0.0440. The minimum atomic E-state index is -0.569. The van der Waals surface area contributed by atoms with E-state index in [-0.39, 0.29) is 12.4 Å². The molecule has 1 saturated heterocycles. The van der Waals surface area contributed by atoms with Gasteiger partial charge >= 0.3 is 0 Å². The summed E-state index contributed by atoms with van der Waals surface area (Å²) in [6.07, 6.45) is -0.569. The minimum Gasteiger partial charge on any atom is -0.491 e. The third kappa shape index (κ3) is 5.58. The van der Waals surface area contributed by atoms with E-state index in [1.165, 1.54) is 12.1 Å². The maximum absolute atomic E-state index is 13.1. The Kier molecular flexibility index (Phi) is 6.82. The van der Waals surface area contributed by atoms with Crippen LogP contribution in [-0.2, 0) is 6.54 Å². The predicted octanol–water partition coefficient (Wildman–Crippen LogP) is 3.35. The van der Waals surface area contributed by atoms with Gasteiger partial charge in [0.15, 0.2) is 5.82 Å². The fourth-order valence-electron chi connectivity index (χ4n) is 4.01. The number of fused-ring (bicyclic) bond motifs is 1. The quantitative estimate of drug-likeness (QED) is 0.408. The van der Waals surface area contributed by atoms with E-state index in [0.717, 1.165) is 47.2 Å². The molecule has 2 aromatic heterocycles. The fraction of sp³-hybridized carbons (Fsp3) is 0.375. The van der Waals surface area contributed by atoms with Gasteiger partial charge in [0, 0.05) is 38.3 Å². The Morgan fingerprint density at radius 2 is 1.85 bits per heavy atom. The SMILES string of the molecule is Cc1nc2ccc(OC[C@H](O)CN3CCN(Cc4noc(-c5ccc(F)cc5)n4)CC3)cc2s1. The first-order valence-corrected chi connectivity index (χ1v) is 12.0. The Balaban J connectivity index is 1.05. The number of aliphatic hydroxyl groups excluding tert-OH is 1. The summed E-state index contributed by atoms with van der Waals surface area (Å²) in [6, 6.07) is 11.8. The molecule has 178 valence electrons. The molecule has 10 heteroatoms. The number of benzene rings is 2. The Morgan fingerprint density at radius 1 is 1.09 bits per heavy atom. The average molecular weight is 484 g/mol. The molecule has 34 heavy (non-hydrogen) atoms. The van der Waals surface area contributed by atoms with E-state index in [2.05, 4.69) is 24.9 Å². The first-order valence-electron chi connectivity index (χ1n) is 11.2. The van der Waals surface area contributed by atoms with E-state index >= 15 is 0 Å². The summed E-state index contributed by atoms with van der Waals surface area (Å²) in [7, 11) is 0. The molecular weight excluding hydrogens is 457 g/mol. The maximum atomic E-state index is 13.1. The van der Waals surface area contributed by atoms with E-state index < -0.39 is 6.10 Å². The second kappa shape index (κ2) is 10.1. The molecule has 2 aromatic carbocycles. The van der Waals surface area contributed by atoms with Crippen molar-refractivity contribution in [3.8, 4) is 17.2 Å². The fourth-order valence-corrected chi connectivity index (χ4v) is 4.87. The standard InChI is InChI=1S/C24H26FN5O3S/c1-16-26-21-7-6-20(12-22(21)34-16)32-15-19(31)13-29-8-10-30(11-9-29)14-23-27-24(33-28-23)17-2-4-18(25)5-3-17/h2-7,12,19,31H,8-11,13-15H2,1H3/t19-/m1/s1. The number of hydrogen-bond acceptors (Lipinski definition) is 9. The van der Waals surface area contributed by atoms with E-state index in [0.29, 0.717) is 30.4 Å². The van der Waals surface area contributed by atoms with Crippen LogP contribution in [0.2, 0.25) is 0 Å². The largest absolute Gasteiger partial charge is 0.491 e. The molecule has 0 spiro atoms. The molecule has 1 N–H and O–H groups in total. The second-order valence-electron chi connectivity index (χ2n) is 8.43. The van der Waals surface area contributed by atoms with Crippen LogP contribution in [0.25, 0.3) is 21.7 Å². The molecule has 8 nitrogen and oxygen atoms in total. The predicted molar refractivity (Wildman–Crippen MR) is 127 cm³/mol. The zero-order valence-electron chi connectivity index (χ0n) is 18.9. The zero-order chi connectivity index (χ0) is 23.5. The molecule has 1 fully saturated rings. The third-order valence-corrected chi connectivity index (χ3v) is 6.70. The van der Waals surface area contributed by atoms with Crippen molar-refractivity contribution in [1.29, 1.82) is 0 Å². The van der Waals surface area contributed by atoms with Gasteiger partial charge in [-0.15, -0.1) is 11.3 Å². The smallest absolute Gasteiger partial charge is 0.257 e. The summed E-state index contributed by atoms with van der Waals surface area (Å²) in [5, 5.41) is 15.5. The number of aryl methyl sites for hydroxylation is 1. The topological polar surface area (TPSA) is 87.8 Å². The molecule has 1 aliphatic heterocycles. The minimum absolute atomic E-state index is 0.249. The van der Waals surface area contributed by atoms with Gasteiger partial charge in [-0.3, -0.25) is 9.80 Å². The molecule has 1 atom stereocenters. The summed E-state index contributed by atoms with van der Waals surface area (Å²) >= 11 is 1.64. The second-order valence-corrected chi connectivity index (χ2v) is 9.66. The first kappa shape index (κ1) is 22.9. The Labute approximate surface area is 200 Å². The van der Waals surface area contributed by atoms with Crippen LogP contribution in [-0.4, -0.2) is 75.5 Å². The third-order valence-electron chi connectivity index (χ3n) is 5.77. The van der Waals surface area contributed by atoms with Crippen molar-refractivity contribution in [2.24, 2.45) is 0 Å². The highest BCUT2D eigenvalue weighted by Gasteiger charge is 2.21. The molecule has 0 radical (unpaired) electrons. The molecule has 0 amide bonds. The molecular formula is C24H26FN5O3S. The van der Waals surface area contributed by atoms with E-state index in [1.807, 2.05) is 25.1 Å². The maximum Gasteiger partial charge on any atom is 0.257 e. The molecule has 0 unspecified atom stereocenters. The van der Waals surface area contributed by atoms with Gasteiger partial charge in [0.1, 0.15) is 24.3 Å². The highest BCUT2D eigenvalue weighted by atomic mass is 32.1. The highest BCUT2D eigenvalue weighted by molar-refractivity contribution is 7.18. The van der Waals surface area contributed by atoms with Crippen LogP contribution >= 0.6 is 11.3 Å². The molecule has 0 bridgehead atoms. The van der Waals surface area contributed by atoms with E-state index in [1.54, 1.807) is 23.5 Å². The first-order chi connectivity index (χ1) is 16.5. The van der Waals surface area contributed by atoms with Crippen LogP contribution in [0.5, 0.6) is 5.75 Å². The van der Waals surface area contributed by atoms with Crippen LogP contribution in [0.3, 0.4) is 0 Å². The van der Waals surface area contributed by atoms with Crippen molar-refractivity contribution >= 4 is 21.6 Å². The average Bonchev–Trinajstić information content (AvgIpc) is 3.44. The van der Waals surface area contributed by atoms with Gasteiger partial charge < -0.3 is 14.4 Å². The van der Waals surface area contributed by atoms with Gasteiger partial charge in [-0.05, 0) is 49.4 Å². The van der Waals surface area contributed by atoms with Crippen LogP contribution < -0.4 is 4.74 Å². The van der Waals surface area contributed by atoms with Gasteiger partial charge in [-0.25, -0.2) is 9.37 Å². The normalized spacial score (nSPS) is 16.2. The molecule has 4 aromatic rings. The van der Waals surface area contributed by atoms with Gasteiger partial charge in [0.2, 0.25) is 0 Å². The molecule has 0 saturated carbocycles. The Hall–Kier alpha value is -2.92. The number of nitrogens with zero attached hydrogens (tertiary/aromatic N) is 5. The molecule has 0 aliphatic carbocycles. The molecule has 5 rings (SSSR count). The van der Waals surface area contributed by atoms with Crippen molar-refractivity contribution < 1.29 is 18.8 Å². The van der Waals surface area contributed by atoms with Crippen molar-refractivity contribution in [3.63, 3.8) is 0 Å². The van der Waals surface area contributed by atoms with Crippen LogP contribution in [0.15, 0.2) is 47.0 Å². The van der Waals surface area contributed by atoms with Crippen LogP contribution in [0.4, 0.5) is 4.39 Å². The van der Waals surface area contributed by atoms with Crippen LogP contribution in [0.1, 0.15) is 10.8 Å². The number of β-amino-alcohol motifs (C(OH)–C–C–N with tert-alkyl or cyclic N) is 1. The van der Waals surface area contributed by atoms with Crippen molar-refractivity contribution in [3.05, 3.63) is 59.1 Å². The summed E-state index contributed by atoms with van der Waals surface area (Å²) in [6.45, 7) is 6.75. The summed E-state index contributed by atoms with van der Waals surface area (Å²) in [5.41, 5.74) is 1.67. The summed E-state index contributed by atoms with van der Waals surface area (Å²) in [4.78, 5) is 13.4. The number of aliphatic hydroxyl groups is 1. The molecule has 1 aliphatic rings. The summed E-state index contributed by atoms with van der Waals surface area (Å²) < 4.78 is 25.3. The van der Waals surface area contributed by atoms with Gasteiger partial charge in [0.05, 0.1) is 21.8 Å². The van der Waals surface area contributed by atoms with Gasteiger partial charge in [-0.1, -0.05) is 5.16 Å². The number of piperazine rings is 1. The Morgan fingerprint density at radius 3 is 2.65 bits per heavy atom.